The van der Waals surface area contributed by atoms with Crippen LogP contribution in [0.5, 0.6) is 0 Å². The van der Waals surface area contributed by atoms with Crippen molar-refractivity contribution >= 4 is 29.9 Å². The number of aliphatic imine (C=N–C) groups is 1. The molecule has 26 heavy (non-hydrogen) atoms. The van der Waals surface area contributed by atoms with Crippen LogP contribution in [-0.4, -0.2) is 34.3 Å². The van der Waals surface area contributed by atoms with E-state index in [1.165, 1.54) is 31.2 Å². The average molecular weight is 468 g/mol. The lowest BCUT2D eigenvalue weighted by atomic mass is 9.79. The summed E-state index contributed by atoms with van der Waals surface area (Å²) in [6, 6.07) is 10.9. The first-order chi connectivity index (χ1) is 12.3. The molecule has 0 saturated heterocycles. The maximum absolute atomic E-state index is 4.37. The molecule has 0 unspecified atom stereocenters. The first-order valence-corrected chi connectivity index (χ1v) is 9.14. The Kier molecular flexibility index (Phi) is 7.86. The van der Waals surface area contributed by atoms with Gasteiger partial charge in [-0.05, 0) is 25.3 Å². The van der Waals surface area contributed by atoms with Gasteiger partial charge in [0.2, 0.25) is 0 Å². The third kappa shape index (κ3) is 4.75. The van der Waals surface area contributed by atoms with Gasteiger partial charge in [0.1, 0.15) is 6.33 Å². The van der Waals surface area contributed by atoms with Crippen molar-refractivity contribution in [2.24, 2.45) is 4.99 Å². The molecular weight excluding hydrogens is 439 g/mol. The normalized spacial score (nSPS) is 16.2. The van der Waals surface area contributed by atoms with Crippen molar-refractivity contribution in [3.8, 4) is 0 Å². The van der Waals surface area contributed by atoms with E-state index in [0.29, 0.717) is 6.54 Å². The molecule has 1 saturated carbocycles. The smallest absolute Gasteiger partial charge is 0.191 e. The monoisotopic (exact) mass is 468 g/mol. The number of benzene rings is 1. The summed E-state index contributed by atoms with van der Waals surface area (Å²) < 4.78 is 2.03. The highest BCUT2D eigenvalue weighted by Crippen LogP contribution is 2.40. The molecule has 0 atom stereocenters. The minimum Gasteiger partial charge on any atom is -0.356 e. The summed E-state index contributed by atoms with van der Waals surface area (Å²) in [5.74, 6) is 1.73. The van der Waals surface area contributed by atoms with Crippen LogP contribution in [-0.2, 0) is 18.5 Å². The average Bonchev–Trinajstić information content (AvgIpc) is 3.32. The number of halogens is 1. The zero-order valence-electron chi connectivity index (χ0n) is 15.6. The summed E-state index contributed by atoms with van der Waals surface area (Å²) in [6.07, 6.45) is 6.80. The second-order valence-electron chi connectivity index (χ2n) is 6.67. The van der Waals surface area contributed by atoms with Crippen LogP contribution in [0.25, 0.3) is 0 Å². The molecule has 3 rings (SSSR count). The Morgan fingerprint density at radius 1 is 1.19 bits per heavy atom. The highest BCUT2D eigenvalue weighted by Gasteiger charge is 2.35. The fourth-order valence-electron chi connectivity index (χ4n) is 3.73. The van der Waals surface area contributed by atoms with Crippen molar-refractivity contribution in [3.63, 3.8) is 0 Å². The molecule has 0 aliphatic heterocycles. The van der Waals surface area contributed by atoms with Crippen molar-refractivity contribution < 1.29 is 0 Å². The van der Waals surface area contributed by atoms with Gasteiger partial charge < -0.3 is 15.2 Å². The Hall–Kier alpha value is -1.64. The number of nitrogens with one attached hydrogen (secondary N) is 2. The van der Waals surface area contributed by atoms with E-state index in [9.17, 15) is 0 Å². The van der Waals surface area contributed by atoms with Gasteiger partial charge in [0.25, 0.3) is 0 Å². The molecule has 0 amide bonds. The second-order valence-corrected chi connectivity index (χ2v) is 6.67. The number of rotatable bonds is 6. The molecule has 142 valence electrons. The molecule has 0 radical (unpaired) electrons. The summed E-state index contributed by atoms with van der Waals surface area (Å²) in [5.41, 5.74) is 1.64. The minimum absolute atomic E-state index is 0. The van der Waals surface area contributed by atoms with E-state index in [1.54, 1.807) is 6.33 Å². The van der Waals surface area contributed by atoms with Crippen LogP contribution in [0.15, 0.2) is 41.7 Å². The van der Waals surface area contributed by atoms with Crippen LogP contribution in [0, 0.1) is 0 Å². The van der Waals surface area contributed by atoms with Crippen molar-refractivity contribution in [3.05, 3.63) is 48.0 Å². The van der Waals surface area contributed by atoms with E-state index < -0.39 is 0 Å². The van der Waals surface area contributed by atoms with Gasteiger partial charge >= 0.3 is 0 Å². The molecule has 0 spiro atoms. The number of aromatic nitrogens is 3. The highest BCUT2D eigenvalue weighted by atomic mass is 127. The topological polar surface area (TPSA) is 67.1 Å². The van der Waals surface area contributed by atoms with Gasteiger partial charge in [0, 0.05) is 25.6 Å². The maximum atomic E-state index is 4.37. The van der Waals surface area contributed by atoms with Gasteiger partial charge in [0.15, 0.2) is 11.8 Å². The van der Waals surface area contributed by atoms with Gasteiger partial charge in [-0.15, -0.1) is 34.2 Å². The minimum atomic E-state index is 0. The lowest BCUT2D eigenvalue weighted by molar-refractivity contribution is 0.431. The molecule has 1 aromatic carbocycles. The third-order valence-corrected chi connectivity index (χ3v) is 5.22. The first kappa shape index (κ1) is 20.7. The highest BCUT2D eigenvalue weighted by molar-refractivity contribution is 14.0. The number of hydrogen-bond donors (Lipinski definition) is 2. The van der Waals surface area contributed by atoms with E-state index in [4.69, 9.17) is 0 Å². The van der Waals surface area contributed by atoms with Crippen LogP contribution in [0.1, 0.15) is 44.0 Å². The Labute approximate surface area is 172 Å². The molecule has 2 aromatic rings. The summed E-state index contributed by atoms with van der Waals surface area (Å²) in [5, 5.41) is 15.0. The van der Waals surface area contributed by atoms with Crippen molar-refractivity contribution in [2.75, 3.05) is 13.6 Å². The molecule has 0 bridgehead atoms. The van der Waals surface area contributed by atoms with Gasteiger partial charge in [0.05, 0.1) is 6.54 Å². The molecular formula is C19H29IN6. The Morgan fingerprint density at radius 3 is 2.58 bits per heavy atom. The van der Waals surface area contributed by atoms with Gasteiger partial charge in [-0.25, -0.2) is 0 Å². The van der Waals surface area contributed by atoms with Crippen molar-refractivity contribution in [2.45, 2.75) is 51.1 Å². The van der Waals surface area contributed by atoms with Crippen LogP contribution in [0.2, 0.25) is 0 Å². The number of aryl methyl sites for hydroxylation is 1. The van der Waals surface area contributed by atoms with Crippen LogP contribution in [0.3, 0.4) is 0 Å². The van der Waals surface area contributed by atoms with Crippen LogP contribution < -0.4 is 10.6 Å². The van der Waals surface area contributed by atoms with E-state index in [-0.39, 0.29) is 29.4 Å². The van der Waals surface area contributed by atoms with E-state index >= 15 is 0 Å². The molecule has 2 N–H and O–H groups in total. The first-order valence-electron chi connectivity index (χ1n) is 9.14. The number of nitrogens with zero attached hydrogens (tertiary/aromatic N) is 4. The summed E-state index contributed by atoms with van der Waals surface area (Å²) in [7, 11) is 1.81. The molecule has 7 heteroatoms. The van der Waals surface area contributed by atoms with E-state index in [1.807, 2.05) is 11.6 Å². The molecule has 1 aliphatic rings. The summed E-state index contributed by atoms with van der Waals surface area (Å²) in [6.45, 7) is 4.47. The SMILES string of the molecule is CCn1cnnc1CNC(=NC)NCC1(c2ccccc2)CCCC1.I. The van der Waals surface area contributed by atoms with Gasteiger partial charge in [-0.1, -0.05) is 43.2 Å². The van der Waals surface area contributed by atoms with Crippen LogP contribution >= 0.6 is 24.0 Å². The van der Waals surface area contributed by atoms with E-state index in [2.05, 4.69) is 63.1 Å². The van der Waals surface area contributed by atoms with Gasteiger partial charge in [-0.3, -0.25) is 4.99 Å². The molecule has 1 aliphatic carbocycles. The summed E-state index contributed by atoms with van der Waals surface area (Å²) in [4.78, 5) is 4.37. The van der Waals surface area contributed by atoms with Crippen LogP contribution in [0.4, 0.5) is 0 Å². The fourth-order valence-corrected chi connectivity index (χ4v) is 3.73. The van der Waals surface area contributed by atoms with E-state index in [0.717, 1.165) is 24.9 Å². The quantitative estimate of drug-likeness (QED) is 0.389. The second kappa shape index (κ2) is 9.89. The predicted octanol–water partition coefficient (Wildman–Crippen LogP) is 3.09. The Balaban J connectivity index is 0.00000243. The van der Waals surface area contributed by atoms with Crippen molar-refractivity contribution in [1.82, 2.24) is 25.4 Å². The molecule has 6 nitrogen and oxygen atoms in total. The lowest BCUT2D eigenvalue weighted by Gasteiger charge is -2.30. The maximum Gasteiger partial charge on any atom is 0.191 e. The third-order valence-electron chi connectivity index (χ3n) is 5.22. The van der Waals surface area contributed by atoms with Gasteiger partial charge in [-0.2, -0.15) is 0 Å². The van der Waals surface area contributed by atoms with Crippen molar-refractivity contribution in [1.29, 1.82) is 0 Å². The zero-order chi connectivity index (χ0) is 17.5. The Morgan fingerprint density at radius 2 is 1.92 bits per heavy atom. The number of guanidine groups is 1. The summed E-state index contributed by atoms with van der Waals surface area (Å²) >= 11 is 0. The standard InChI is InChI=1S/C19H28N6.HI/c1-3-25-15-23-24-17(25)13-21-18(20-2)22-14-19(11-7-8-12-19)16-9-5-4-6-10-16;/h4-6,9-10,15H,3,7-8,11-14H2,1-2H3,(H2,20,21,22);1H. The zero-order valence-corrected chi connectivity index (χ0v) is 17.9. The fraction of sp³-hybridized carbons (Fsp3) is 0.526. The molecule has 1 heterocycles. The largest absolute Gasteiger partial charge is 0.356 e. The number of hydrogen-bond acceptors (Lipinski definition) is 3. The Bertz CT molecular complexity index is 691. The molecule has 1 aromatic heterocycles. The lowest BCUT2D eigenvalue weighted by Crippen LogP contribution is -2.44. The predicted molar refractivity (Wildman–Crippen MR) is 116 cm³/mol. The molecule has 1 fully saturated rings.